The Labute approximate surface area is 117 Å². The van der Waals surface area contributed by atoms with Crippen molar-refractivity contribution in [1.29, 1.82) is 0 Å². The van der Waals surface area contributed by atoms with Gasteiger partial charge in [-0.05, 0) is 30.4 Å². The summed E-state index contributed by atoms with van der Waals surface area (Å²) in [4.78, 5) is 28.7. The monoisotopic (exact) mass is 287 g/mol. The van der Waals surface area contributed by atoms with E-state index in [1.165, 1.54) is 18.3 Å². The molecule has 0 saturated carbocycles. The number of nitrogens with one attached hydrogen (secondary N) is 3. The predicted molar refractivity (Wildman–Crippen MR) is 76.4 cm³/mol. The largest absolute Gasteiger partial charge is 0.429 e. The van der Waals surface area contributed by atoms with E-state index < -0.39 is 0 Å². The van der Waals surface area contributed by atoms with Gasteiger partial charge < -0.3 is 19.7 Å². The van der Waals surface area contributed by atoms with E-state index in [1.807, 2.05) is 0 Å². The van der Waals surface area contributed by atoms with Crippen LogP contribution in [0.4, 0.5) is 5.69 Å². The fourth-order valence-corrected chi connectivity index (χ4v) is 2.01. The van der Waals surface area contributed by atoms with Crippen LogP contribution in [0.25, 0.3) is 11.1 Å². The number of pyridine rings is 1. The van der Waals surface area contributed by atoms with Gasteiger partial charge in [-0.15, -0.1) is 0 Å². The summed E-state index contributed by atoms with van der Waals surface area (Å²) in [6, 6.07) is 7.89. The Morgan fingerprint density at radius 3 is 2.90 bits per heavy atom. The van der Waals surface area contributed by atoms with Crippen molar-refractivity contribution in [2.75, 3.05) is 5.32 Å². The summed E-state index contributed by atoms with van der Waals surface area (Å²) in [7, 11) is 0. The van der Waals surface area contributed by atoms with Crippen molar-refractivity contribution < 1.29 is 9.21 Å². The molecule has 0 aliphatic rings. The molecule has 100 valence electrons. The molecule has 0 saturated heterocycles. The second-order valence-corrected chi connectivity index (χ2v) is 4.49. The van der Waals surface area contributed by atoms with Crippen molar-refractivity contribution in [2.24, 2.45) is 0 Å². The molecule has 0 aliphatic heterocycles. The van der Waals surface area contributed by atoms with Crippen LogP contribution in [0.1, 0.15) is 10.4 Å². The van der Waals surface area contributed by atoms with Gasteiger partial charge in [-0.3, -0.25) is 9.59 Å². The van der Waals surface area contributed by atoms with E-state index in [9.17, 15) is 9.59 Å². The number of oxazole rings is 1. The van der Waals surface area contributed by atoms with Gasteiger partial charge in [0.1, 0.15) is 0 Å². The first kappa shape index (κ1) is 12.4. The molecular formula is C13H9N3O3S. The Morgan fingerprint density at radius 1 is 1.25 bits per heavy atom. The van der Waals surface area contributed by atoms with Crippen molar-refractivity contribution >= 4 is 34.9 Å². The lowest BCUT2D eigenvalue weighted by Crippen LogP contribution is -2.15. The highest BCUT2D eigenvalue weighted by Gasteiger charge is 2.08. The highest BCUT2D eigenvalue weighted by atomic mass is 32.1. The molecule has 6 nitrogen and oxygen atoms in total. The number of hydrogen-bond acceptors (Lipinski definition) is 4. The number of amides is 1. The Morgan fingerprint density at radius 2 is 2.10 bits per heavy atom. The van der Waals surface area contributed by atoms with Gasteiger partial charge in [-0.1, -0.05) is 0 Å². The van der Waals surface area contributed by atoms with Crippen molar-refractivity contribution in [2.45, 2.75) is 0 Å². The summed E-state index contributed by atoms with van der Waals surface area (Å²) in [6.07, 6.45) is 1.42. The van der Waals surface area contributed by atoms with Gasteiger partial charge in [-0.25, -0.2) is 0 Å². The summed E-state index contributed by atoms with van der Waals surface area (Å²) in [5.41, 5.74) is 1.82. The average molecular weight is 287 g/mol. The van der Waals surface area contributed by atoms with Crippen molar-refractivity contribution in [1.82, 2.24) is 9.97 Å². The number of benzene rings is 1. The first-order valence-corrected chi connectivity index (χ1v) is 6.15. The molecule has 0 bridgehead atoms. The standard InChI is InChI=1S/C13H9N3O3S/c17-11-5-7(3-4-14-11)12(18)15-8-1-2-9-10(6-8)19-13(20)16-9/h1-6H,(H,14,17)(H,15,18)(H,16,20). The predicted octanol–water partition coefficient (Wildman–Crippen LogP) is 2.43. The van der Waals surface area contributed by atoms with Gasteiger partial charge in [0, 0.05) is 29.6 Å². The van der Waals surface area contributed by atoms with Crippen LogP contribution < -0.4 is 10.9 Å². The minimum Gasteiger partial charge on any atom is -0.429 e. The number of aromatic nitrogens is 2. The van der Waals surface area contributed by atoms with Crippen LogP contribution in [0, 0.1) is 4.84 Å². The molecule has 2 heterocycles. The minimum atomic E-state index is -0.371. The lowest BCUT2D eigenvalue weighted by Gasteiger charge is -2.04. The molecule has 1 aromatic carbocycles. The van der Waals surface area contributed by atoms with E-state index in [4.69, 9.17) is 16.6 Å². The Hall–Kier alpha value is -2.67. The van der Waals surface area contributed by atoms with Gasteiger partial charge in [-0.2, -0.15) is 0 Å². The highest BCUT2D eigenvalue weighted by Crippen LogP contribution is 2.19. The molecule has 2 aromatic heterocycles. The molecule has 3 rings (SSSR count). The second kappa shape index (κ2) is 4.78. The molecule has 0 fully saturated rings. The Kier molecular flexibility index (Phi) is 2.96. The molecule has 7 heteroatoms. The van der Waals surface area contributed by atoms with Crippen LogP contribution in [0.15, 0.2) is 45.7 Å². The molecule has 0 radical (unpaired) electrons. The fraction of sp³-hybridized carbons (Fsp3) is 0. The zero-order chi connectivity index (χ0) is 14.1. The van der Waals surface area contributed by atoms with Crippen molar-refractivity contribution in [3.05, 3.63) is 57.3 Å². The topological polar surface area (TPSA) is 90.9 Å². The van der Waals surface area contributed by atoms with E-state index in [-0.39, 0.29) is 21.9 Å². The number of hydrogen-bond donors (Lipinski definition) is 3. The maximum atomic E-state index is 12.0. The third-order valence-corrected chi connectivity index (χ3v) is 2.90. The van der Waals surface area contributed by atoms with Gasteiger partial charge in [0.05, 0.1) is 5.52 Å². The lowest BCUT2D eigenvalue weighted by atomic mass is 10.2. The minimum absolute atomic E-state index is 0.276. The first-order chi connectivity index (χ1) is 9.61. The molecule has 0 unspecified atom stereocenters. The molecule has 1 amide bonds. The van der Waals surface area contributed by atoms with E-state index in [1.54, 1.807) is 18.2 Å². The molecule has 3 N–H and O–H groups in total. The Balaban J connectivity index is 1.90. The summed E-state index contributed by atoms with van der Waals surface area (Å²) in [6.45, 7) is 0. The number of anilines is 1. The first-order valence-electron chi connectivity index (χ1n) is 5.75. The van der Waals surface area contributed by atoms with Gasteiger partial charge in [0.25, 0.3) is 10.7 Å². The third-order valence-electron chi connectivity index (χ3n) is 2.72. The Bertz CT molecular complexity index is 907. The zero-order valence-electron chi connectivity index (χ0n) is 10.1. The maximum absolute atomic E-state index is 12.0. The molecular weight excluding hydrogens is 278 g/mol. The lowest BCUT2D eigenvalue weighted by molar-refractivity contribution is 0.102. The third kappa shape index (κ3) is 2.39. The number of aromatic amines is 2. The van der Waals surface area contributed by atoms with Crippen LogP contribution in [0.2, 0.25) is 0 Å². The van der Waals surface area contributed by atoms with Crippen LogP contribution in [-0.2, 0) is 0 Å². The molecule has 0 spiro atoms. The van der Waals surface area contributed by atoms with Crippen molar-refractivity contribution in [3.63, 3.8) is 0 Å². The average Bonchev–Trinajstić information content (AvgIpc) is 2.78. The van der Waals surface area contributed by atoms with Crippen LogP contribution in [-0.4, -0.2) is 15.9 Å². The summed E-state index contributed by atoms with van der Waals surface area (Å²) < 4.78 is 5.27. The zero-order valence-corrected chi connectivity index (χ0v) is 10.9. The van der Waals surface area contributed by atoms with E-state index in [0.717, 1.165) is 5.52 Å². The number of fused-ring (bicyclic) bond motifs is 1. The van der Waals surface area contributed by atoms with Gasteiger partial charge >= 0.3 is 0 Å². The number of H-pyrrole nitrogens is 2. The normalized spacial score (nSPS) is 10.6. The summed E-state index contributed by atoms with van der Waals surface area (Å²) >= 11 is 4.89. The van der Waals surface area contributed by atoms with Crippen molar-refractivity contribution in [3.8, 4) is 0 Å². The number of rotatable bonds is 2. The molecule has 0 atom stereocenters. The van der Waals surface area contributed by atoms with Crippen LogP contribution in [0.5, 0.6) is 0 Å². The van der Waals surface area contributed by atoms with E-state index >= 15 is 0 Å². The maximum Gasteiger partial charge on any atom is 0.266 e. The molecule has 20 heavy (non-hydrogen) atoms. The molecule has 0 aliphatic carbocycles. The van der Waals surface area contributed by atoms with Gasteiger partial charge in [0.2, 0.25) is 5.56 Å². The SMILES string of the molecule is O=C(Nc1ccc2[nH]c(=S)oc2c1)c1cc[nH]c(=O)c1. The summed E-state index contributed by atoms with van der Waals surface area (Å²) in [5, 5.41) is 2.69. The van der Waals surface area contributed by atoms with Gasteiger partial charge in [0.15, 0.2) is 5.58 Å². The second-order valence-electron chi connectivity index (χ2n) is 4.12. The summed E-state index contributed by atoms with van der Waals surface area (Å²) in [5.74, 6) is -0.371. The number of carbonyl (C=O) groups is 1. The van der Waals surface area contributed by atoms with E-state index in [2.05, 4.69) is 15.3 Å². The smallest absolute Gasteiger partial charge is 0.266 e. The quantitative estimate of drug-likeness (QED) is 0.631. The highest BCUT2D eigenvalue weighted by molar-refractivity contribution is 7.71. The van der Waals surface area contributed by atoms with E-state index in [0.29, 0.717) is 11.3 Å². The van der Waals surface area contributed by atoms with Crippen LogP contribution >= 0.6 is 12.2 Å². The number of carbonyl (C=O) groups excluding carboxylic acids is 1. The van der Waals surface area contributed by atoms with Crippen LogP contribution in [0.3, 0.4) is 0 Å². The molecule has 3 aromatic rings. The fourth-order valence-electron chi connectivity index (χ4n) is 1.81.